The molecule has 6 heteroatoms. The predicted molar refractivity (Wildman–Crippen MR) is 68.6 cm³/mol. The van der Waals surface area contributed by atoms with Gasteiger partial charge in [0.2, 0.25) is 5.95 Å². The Kier molecular flexibility index (Phi) is 3.79. The Balaban J connectivity index is 2.22. The normalized spacial score (nSPS) is 10.2. The number of aromatic nitrogens is 1. The molecule has 18 heavy (non-hydrogen) atoms. The summed E-state index contributed by atoms with van der Waals surface area (Å²) in [6, 6.07) is 7.29. The van der Waals surface area contributed by atoms with E-state index < -0.39 is 11.9 Å². The first-order valence-electron chi connectivity index (χ1n) is 4.95. The summed E-state index contributed by atoms with van der Waals surface area (Å²) in [5.41, 5.74) is 0.617. The molecule has 3 nitrogen and oxygen atoms in total. The standard InChI is InChI=1S/C12H7Cl2FN2O/c13-9-3-1-2-8(11(9)14)12(18)17-7-4-5-10(15)16-6-7/h1-6H,(H,17,18). The maximum Gasteiger partial charge on any atom is 0.257 e. The van der Waals surface area contributed by atoms with Gasteiger partial charge in [0.15, 0.2) is 0 Å². The number of anilines is 1. The van der Waals surface area contributed by atoms with Gasteiger partial charge in [-0.1, -0.05) is 29.3 Å². The molecule has 0 aliphatic heterocycles. The number of halogens is 3. The molecule has 0 fully saturated rings. The SMILES string of the molecule is O=C(Nc1ccc(F)nc1)c1cccc(Cl)c1Cl. The molecule has 1 N–H and O–H groups in total. The molecule has 0 radical (unpaired) electrons. The van der Waals surface area contributed by atoms with Crippen molar-refractivity contribution in [1.29, 1.82) is 0 Å². The van der Waals surface area contributed by atoms with Crippen molar-refractivity contribution in [2.24, 2.45) is 0 Å². The van der Waals surface area contributed by atoms with Crippen LogP contribution in [0.3, 0.4) is 0 Å². The van der Waals surface area contributed by atoms with Crippen LogP contribution in [0.2, 0.25) is 10.0 Å². The van der Waals surface area contributed by atoms with Gasteiger partial charge in [0.05, 0.1) is 27.5 Å². The maximum atomic E-state index is 12.6. The highest BCUT2D eigenvalue weighted by Gasteiger charge is 2.12. The quantitative estimate of drug-likeness (QED) is 0.853. The number of benzene rings is 1. The molecule has 0 atom stereocenters. The minimum atomic E-state index is -0.617. The minimum Gasteiger partial charge on any atom is -0.321 e. The van der Waals surface area contributed by atoms with Gasteiger partial charge in [-0.05, 0) is 24.3 Å². The van der Waals surface area contributed by atoms with E-state index in [0.29, 0.717) is 10.7 Å². The number of amides is 1. The molecule has 1 aromatic heterocycles. The van der Waals surface area contributed by atoms with Crippen molar-refractivity contribution in [1.82, 2.24) is 4.98 Å². The molecule has 0 spiro atoms. The zero-order valence-electron chi connectivity index (χ0n) is 8.95. The van der Waals surface area contributed by atoms with Crippen LogP contribution in [-0.2, 0) is 0 Å². The smallest absolute Gasteiger partial charge is 0.257 e. The molecule has 1 heterocycles. The van der Waals surface area contributed by atoms with Gasteiger partial charge in [-0.3, -0.25) is 4.79 Å². The fourth-order valence-electron chi connectivity index (χ4n) is 1.33. The van der Waals surface area contributed by atoms with Crippen molar-refractivity contribution in [3.8, 4) is 0 Å². The first-order valence-corrected chi connectivity index (χ1v) is 5.70. The summed E-state index contributed by atoms with van der Waals surface area (Å²) in [5, 5.41) is 3.01. The monoisotopic (exact) mass is 284 g/mol. The Morgan fingerprint density at radius 2 is 2.00 bits per heavy atom. The van der Waals surface area contributed by atoms with Crippen molar-refractivity contribution < 1.29 is 9.18 Å². The second kappa shape index (κ2) is 5.33. The van der Waals surface area contributed by atoms with Crippen LogP contribution in [0, 0.1) is 5.95 Å². The lowest BCUT2D eigenvalue weighted by Crippen LogP contribution is -2.12. The summed E-state index contributed by atoms with van der Waals surface area (Å²) in [5.74, 6) is -1.05. The molecule has 0 saturated heterocycles. The van der Waals surface area contributed by atoms with Crippen LogP contribution in [-0.4, -0.2) is 10.9 Å². The van der Waals surface area contributed by atoms with E-state index in [-0.39, 0.29) is 10.6 Å². The molecule has 0 saturated carbocycles. The van der Waals surface area contributed by atoms with Gasteiger partial charge in [-0.2, -0.15) is 4.39 Å². The fraction of sp³-hybridized carbons (Fsp3) is 0. The molecule has 2 rings (SSSR count). The van der Waals surface area contributed by atoms with Crippen molar-refractivity contribution >= 4 is 34.8 Å². The van der Waals surface area contributed by atoms with Crippen LogP contribution in [0.15, 0.2) is 36.5 Å². The second-order valence-electron chi connectivity index (χ2n) is 3.43. The van der Waals surface area contributed by atoms with Crippen LogP contribution < -0.4 is 5.32 Å². The van der Waals surface area contributed by atoms with Crippen molar-refractivity contribution in [3.63, 3.8) is 0 Å². The Bertz CT molecular complexity index is 587. The van der Waals surface area contributed by atoms with E-state index in [9.17, 15) is 9.18 Å². The lowest BCUT2D eigenvalue weighted by atomic mass is 10.2. The van der Waals surface area contributed by atoms with Gasteiger partial charge in [0.1, 0.15) is 0 Å². The zero-order chi connectivity index (χ0) is 13.1. The number of hydrogen-bond acceptors (Lipinski definition) is 2. The topological polar surface area (TPSA) is 42.0 Å². The molecule has 1 amide bonds. The second-order valence-corrected chi connectivity index (χ2v) is 4.21. The van der Waals surface area contributed by atoms with E-state index in [1.807, 2.05) is 0 Å². The summed E-state index contributed by atoms with van der Waals surface area (Å²) < 4.78 is 12.6. The summed E-state index contributed by atoms with van der Waals surface area (Å²) in [4.78, 5) is 15.3. The summed E-state index contributed by atoms with van der Waals surface area (Å²) in [6.07, 6.45) is 1.21. The number of pyridine rings is 1. The third-order valence-corrected chi connectivity index (χ3v) is 3.00. The van der Waals surface area contributed by atoms with Crippen LogP contribution >= 0.6 is 23.2 Å². The summed E-state index contributed by atoms with van der Waals surface area (Å²) >= 11 is 11.7. The van der Waals surface area contributed by atoms with Gasteiger partial charge in [-0.25, -0.2) is 4.98 Å². The van der Waals surface area contributed by atoms with E-state index in [1.165, 1.54) is 12.3 Å². The summed E-state index contributed by atoms with van der Waals surface area (Å²) in [6.45, 7) is 0. The molecule has 0 aliphatic carbocycles. The van der Waals surface area contributed by atoms with E-state index in [1.54, 1.807) is 18.2 Å². The lowest BCUT2D eigenvalue weighted by Gasteiger charge is -2.07. The van der Waals surface area contributed by atoms with Gasteiger partial charge in [0, 0.05) is 0 Å². The molecular formula is C12H7Cl2FN2O. The third kappa shape index (κ3) is 2.78. The summed E-state index contributed by atoms with van der Waals surface area (Å²) in [7, 11) is 0. The Hall–Kier alpha value is -1.65. The highest BCUT2D eigenvalue weighted by Crippen LogP contribution is 2.26. The van der Waals surface area contributed by atoms with E-state index in [4.69, 9.17) is 23.2 Å². The third-order valence-electron chi connectivity index (χ3n) is 2.18. The molecule has 92 valence electrons. The first-order chi connectivity index (χ1) is 8.58. The van der Waals surface area contributed by atoms with Crippen LogP contribution in [0.5, 0.6) is 0 Å². The number of nitrogens with zero attached hydrogens (tertiary/aromatic N) is 1. The highest BCUT2D eigenvalue weighted by atomic mass is 35.5. The van der Waals surface area contributed by atoms with Gasteiger partial charge in [-0.15, -0.1) is 0 Å². The largest absolute Gasteiger partial charge is 0.321 e. The molecule has 0 unspecified atom stereocenters. The maximum absolute atomic E-state index is 12.6. The zero-order valence-corrected chi connectivity index (χ0v) is 10.5. The van der Waals surface area contributed by atoms with Gasteiger partial charge in [0.25, 0.3) is 5.91 Å². The first kappa shape index (κ1) is 12.8. The van der Waals surface area contributed by atoms with Crippen molar-refractivity contribution in [2.45, 2.75) is 0 Å². The lowest BCUT2D eigenvalue weighted by molar-refractivity contribution is 0.102. The van der Waals surface area contributed by atoms with Crippen molar-refractivity contribution in [2.75, 3.05) is 5.32 Å². The van der Waals surface area contributed by atoms with Gasteiger partial charge >= 0.3 is 0 Å². The average molecular weight is 285 g/mol. The van der Waals surface area contributed by atoms with E-state index in [2.05, 4.69) is 10.3 Å². The van der Waals surface area contributed by atoms with Crippen LogP contribution in [0.25, 0.3) is 0 Å². The van der Waals surface area contributed by atoms with Crippen LogP contribution in [0.4, 0.5) is 10.1 Å². The number of carbonyl (C=O) groups excluding carboxylic acids is 1. The Labute approximate surface area is 113 Å². The Morgan fingerprint density at radius 1 is 1.22 bits per heavy atom. The average Bonchev–Trinajstić information content (AvgIpc) is 2.35. The van der Waals surface area contributed by atoms with Crippen LogP contribution in [0.1, 0.15) is 10.4 Å². The molecule has 1 aromatic carbocycles. The fourth-order valence-corrected chi connectivity index (χ4v) is 1.71. The number of hydrogen-bond donors (Lipinski definition) is 1. The number of rotatable bonds is 2. The highest BCUT2D eigenvalue weighted by molar-refractivity contribution is 6.44. The van der Waals surface area contributed by atoms with Crippen molar-refractivity contribution in [3.05, 3.63) is 58.1 Å². The minimum absolute atomic E-state index is 0.173. The van der Waals surface area contributed by atoms with E-state index in [0.717, 1.165) is 6.07 Å². The van der Waals surface area contributed by atoms with E-state index >= 15 is 0 Å². The molecule has 0 bridgehead atoms. The predicted octanol–water partition coefficient (Wildman–Crippen LogP) is 3.78. The molecule has 2 aromatic rings. The van der Waals surface area contributed by atoms with Gasteiger partial charge < -0.3 is 5.32 Å². The number of nitrogens with one attached hydrogen (secondary N) is 1. The molecular weight excluding hydrogens is 278 g/mol. The Morgan fingerprint density at radius 3 is 2.67 bits per heavy atom. The molecule has 0 aliphatic rings. The number of carbonyl (C=O) groups is 1.